The molecule has 5 rings (SSSR count). The molecule has 0 aliphatic heterocycles. The van der Waals surface area contributed by atoms with Crippen molar-refractivity contribution < 1.29 is 19.7 Å². The first-order valence-corrected chi connectivity index (χ1v) is 10.3. The SMILES string of the molecule is O=c1cc(-c2ccccc2)oc2cc(O)c(O)c(O)c12.c1ccc(N=Nc2ccccc2)cc1. The Hall–Kier alpha value is -4.91. The number of aromatic hydroxyl groups is 3. The van der Waals surface area contributed by atoms with E-state index in [9.17, 15) is 20.1 Å². The zero-order valence-electron chi connectivity index (χ0n) is 17.9. The quantitative estimate of drug-likeness (QED) is 0.209. The van der Waals surface area contributed by atoms with E-state index in [2.05, 4.69) is 10.2 Å². The molecule has 1 aromatic heterocycles. The van der Waals surface area contributed by atoms with Gasteiger partial charge in [-0.3, -0.25) is 4.79 Å². The molecule has 7 nitrogen and oxygen atoms in total. The largest absolute Gasteiger partial charge is 0.504 e. The zero-order chi connectivity index (χ0) is 23.9. The van der Waals surface area contributed by atoms with E-state index >= 15 is 0 Å². The number of phenols is 3. The highest BCUT2D eigenvalue weighted by Gasteiger charge is 2.17. The van der Waals surface area contributed by atoms with Gasteiger partial charge < -0.3 is 19.7 Å². The number of phenolic OH excluding ortho intramolecular Hbond substituents is 3. The van der Waals surface area contributed by atoms with E-state index in [4.69, 9.17) is 4.42 Å². The molecule has 168 valence electrons. The van der Waals surface area contributed by atoms with Crippen LogP contribution in [0.1, 0.15) is 0 Å². The normalized spacial score (nSPS) is 10.7. The van der Waals surface area contributed by atoms with Gasteiger partial charge in [0, 0.05) is 17.7 Å². The fourth-order valence-electron chi connectivity index (χ4n) is 3.13. The van der Waals surface area contributed by atoms with Gasteiger partial charge in [0.15, 0.2) is 16.9 Å². The van der Waals surface area contributed by atoms with Gasteiger partial charge in [0.2, 0.25) is 5.75 Å². The summed E-state index contributed by atoms with van der Waals surface area (Å²) in [6.07, 6.45) is 0. The molecule has 0 aliphatic rings. The van der Waals surface area contributed by atoms with Crippen LogP contribution >= 0.6 is 0 Å². The minimum Gasteiger partial charge on any atom is -0.504 e. The van der Waals surface area contributed by atoms with Crippen LogP contribution in [0.15, 0.2) is 123 Å². The topological polar surface area (TPSA) is 116 Å². The maximum atomic E-state index is 12.0. The first-order chi connectivity index (χ1) is 16.5. The Balaban J connectivity index is 0.000000172. The van der Waals surface area contributed by atoms with Crippen LogP contribution in [-0.2, 0) is 0 Å². The minimum absolute atomic E-state index is 0.00385. The van der Waals surface area contributed by atoms with Gasteiger partial charge in [-0.15, -0.1) is 0 Å². The van der Waals surface area contributed by atoms with Crippen molar-refractivity contribution >= 4 is 22.3 Å². The molecule has 0 unspecified atom stereocenters. The van der Waals surface area contributed by atoms with Gasteiger partial charge in [0.05, 0.1) is 11.4 Å². The smallest absolute Gasteiger partial charge is 0.201 e. The van der Waals surface area contributed by atoms with Crippen molar-refractivity contribution in [1.82, 2.24) is 0 Å². The van der Waals surface area contributed by atoms with Crippen LogP contribution in [0.2, 0.25) is 0 Å². The molecule has 5 aromatic rings. The summed E-state index contributed by atoms with van der Waals surface area (Å²) < 4.78 is 5.51. The lowest BCUT2D eigenvalue weighted by molar-refractivity contribution is 0.370. The van der Waals surface area contributed by atoms with Crippen molar-refractivity contribution in [2.24, 2.45) is 10.2 Å². The average molecular weight is 452 g/mol. The molecular weight excluding hydrogens is 432 g/mol. The maximum Gasteiger partial charge on any atom is 0.201 e. The summed E-state index contributed by atoms with van der Waals surface area (Å²) in [6.45, 7) is 0. The molecule has 0 radical (unpaired) electrons. The predicted octanol–water partition coefficient (Wildman–Crippen LogP) is 6.68. The molecule has 0 saturated heterocycles. The second-order valence-electron chi connectivity index (χ2n) is 7.18. The van der Waals surface area contributed by atoms with Gasteiger partial charge in [-0.2, -0.15) is 10.2 Å². The van der Waals surface area contributed by atoms with Crippen LogP contribution in [0.25, 0.3) is 22.3 Å². The monoisotopic (exact) mass is 452 g/mol. The van der Waals surface area contributed by atoms with Crippen LogP contribution in [0.3, 0.4) is 0 Å². The van der Waals surface area contributed by atoms with Crippen LogP contribution in [0.5, 0.6) is 17.2 Å². The standard InChI is InChI=1S/C15H10O5.C12H10N2/c16-9-6-11(8-4-2-1-3-5-8)20-12-7-10(17)14(18)15(19)13(9)12;1-3-7-11(8-4-1)13-14-12-9-5-2-6-10-12/h1-7,17-19H;1-10H. The fourth-order valence-corrected chi connectivity index (χ4v) is 3.13. The summed E-state index contributed by atoms with van der Waals surface area (Å²) in [5, 5.41) is 36.7. The summed E-state index contributed by atoms with van der Waals surface area (Å²) in [4.78, 5) is 12.0. The molecule has 1 heterocycles. The molecule has 0 spiro atoms. The van der Waals surface area contributed by atoms with Gasteiger partial charge in [0.1, 0.15) is 16.7 Å². The molecule has 4 aromatic carbocycles. The molecule has 34 heavy (non-hydrogen) atoms. The first-order valence-electron chi connectivity index (χ1n) is 10.3. The van der Waals surface area contributed by atoms with Crippen molar-refractivity contribution in [2.75, 3.05) is 0 Å². The van der Waals surface area contributed by atoms with Crippen LogP contribution < -0.4 is 5.43 Å². The summed E-state index contributed by atoms with van der Waals surface area (Å²) in [5.74, 6) is -1.67. The van der Waals surface area contributed by atoms with Crippen LogP contribution in [-0.4, -0.2) is 15.3 Å². The number of fused-ring (bicyclic) bond motifs is 1. The minimum atomic E-state index is -0.739. The van der Waals surface area contributed by atoms with E-state index < -0.39 is 22.7 Å². The Kier molecular flexibility index (Phi) is 6.65. The van der Waals surface area contributed by atoms with Gasteiger partial charge in [-0.05, 0) is 24.3 Å². The fraction of sp³-hybridized carbons (Fsp3) is 0. The average Bonchev–Trinajstić information content (AvgIpc) is 2.88. The highest BCUT2D eigenvalue weighted by molar-refractivity contribution is 5.89. The lowest BCUT2D eigenvalue weighted by Crippen LogP contribution is -2.00. The third kappa shape index (κ3) is 5.11. The summed E-state index contributed by atoms with van der Waals surface area (Å²) in [6, 6.07) is 30.7. The maximum absolute atomic E-state index is 12.0. The second-order valence-corrected chi connectivity index (χ2v) is 7.18. The Morgan fingerprint density at radius 1 is 0.618 bits per heavy atom. The highest BCUT2D eigenvalue weighted by Crippen LogP contribution is 2.40. The van der Waals surface area contributed by atoms with Crippen molar-refractivity contribution in [3.63, 3.8) is 0 Å². The Labute approximate surface area is 194 Å². The van der Waals surface area contributed by atoms with Gasteiger partial charge in [-0.1, -0.05) is 66.7 Å². The molecular formula is C27H20N2O5. The van der Waals surface area contributed by atoms with E-state index in [1.807, 2.05) is 66.7 Å². The summed E-state index contributed by atoms with van der Waals surface area (Å²) >= 11 is 0. The molecule has 0 amide bonds. The van der Waals surface area contributed by atoms with E-state index in [1.165, 1.54) is 6.07 Å². The van der Waals surface area contributed by atoms with Crippen molar-refractivity contribution in [1.29, 1.82) is 0 Å². The molecule has 0 fully saturated rings. The van der Waals surface area contributed by atoms with Crippen molar-refractivity contribution in [3.05, 3.63) is 113 Å². The summed E-state index contributed by atoms with van der Waals surface area (Å²) in [7, 11) is 0. The zero-order valence-corrected chi connectivity index (χ0v) is 17.9. The molecule has 0 bridgehead atoms. The summed E-state index contributed by atoms with van der Waals surface area (Å²) in [5.41, 5.74) is 1.94. The Morgan fingerprint density at radius 3 is 1.65 bits per heavy atom. The molecule has 3 N–H and O–H groups in total. The molecule has 0 saturated carbocycles. The third-order valence-electron chi connectivity index (χ3n) is 4.80. The second kappa shape index (κ2) is 10.1. The van der Waals surface area contributed by atoms with Gasteiger partial charge >= 0.3 is 0 Å². The number of rotatable bonds is 3. The first kappa shape index (κ1) is 22.3. The van der Waals surface area contributed by atoms with E-state index in [1.54, 1.807) is 24.3 Å². The predicted molar refractivity (Wildman–Crippen MR) is 130 cm³/mol. The number of hydrogen-bond acceptors (Lipinski definition) is 7. The number of nitrogens with zero attached hydrogens (tertiary/aromatic N) is 2. The van der Waals surface area contributed by atoms with Crippen LogP contribution in [0.4, 0.5) is 11.4 Å². The van der Waals surface area contributed by atoms with Crippen molar-refractivity contribution in [2.45, 2.75) is 0 Å². The molecule has 7 heteroatoms. The molecule has 0 atom stereocenters. The molecule has 0 aliphatic carbocycles. The number of benzene rings is 4. The highest BCUT2D eigenvalue weighted by atomic mass is 16.3. The van der Waals surface area contributed by atoms with Crippen LogP contribution in [0, 0.1) is 0 Å². The third-order valence-corrected chi connectivity index (χ3v) is 4.80. The number of hydrogen-bond donors (Lipinski definition) is 3. The van der Waals surface area contributed by atoms with Crippen molar-refractivity contribution in [3.8, 4) is 28.6 Å². The number of azo groups is 1. The lowest BCUT2D eigenvalue weighted by Gasteiger charge is -2.06. The lowest BCUT2D eigenvalue weighted by atomic mass is 10.1. The van der Waals surface area contributed by atoms with E-state index in [0.29, 0.717) is 11.3 Å². The van der Waals surface area contributed by atoms with Gasteiger partial charge in [0.25, 0.3) is 0 Å². The van der Waals surface area contributed by atoms with E-state index in [0.717, 1.165) is 17.4 Å². The Bertz CT molecular complexity index is 1440. The van der Waals surface area contributed by atoms with E-state index in [-0.39, 0.29) is 11.0 Å². The Morgan fingerprint density at radius 2 is 1.12 bits per heavy atom. The van der Waals surface area contributed by atoms with Gasteiger partial charge in [-0.25, -0.2) is 0 Å².